The summed E-state index contributed by atoms with van der Waals surface area (Å²) >= 11 is 0. The molecule has 188 valence electrons. The van der Waals surface area contributed by atoms with Crippen LogP contribution in [-0.2, 0) is 4.79 Å². The topological polar surface area (TPSA) is 122 Å². The first kappa shape index (κ1) is 23.8. The van der Waals surface area contributed by atoms with Crippen molar-refractivity contribution >= 4 is 34.6 Å². The van der Waals surface area contributed by atoms with E-state index in [2.05, 4.69) is 22.4 Å². The largest absolute Gasteiger partial charge is 0.430 e. The van der Waals surface area contributed by atoms with Gasteiger partial charge in [0.05, 0.1) is 11.3 Å². The number of nitrogens with zero attached hydrogens (tertiary/aromatic N) is 3. The van der Waals surface area contributed by atoms with Crippen LogP contribution in [0.3, 0.4) is 0 Å². The van der Waals surface area contributed by atoms with Gasteiger partial charge in [0.2, 0.25) is 17.4 Å². The van der Waals surface area contributed by atoms with Gasteiger partial charge < -0.3 is 25.3 Å². The fraction of sp³-hybridized carbons (Fsp3) is 0.407. The summed E-state index contributed by atoms with van der Waals surface area (Å²) in [6.45, 7) is 4.12. The van der Waals surface area contributed by atoms with Gasteiger partial charge in [-0.25, -0.2) is 9.78 Å². The van der Waals surface area contributed by atoms with E-state index in [-0.39, 0.29) is 35.0 Å². The summed E-state index contributed by atoms with van der Waals surface area (Å²) in [5.74, 6) is -0.725. The number of anilines is 1. The summed E-state index contributed by atoms with van der Waals surface area (Å²) in [5.41, 5.74) is 7.93. The van der Waals surface area contributed by atoms with Crippen molar-refractivity contribution in [1.29, 1.82) is 0 Å². The van der Waals surface area contributed by atoms with Crippen molar-refractivity contribution in [2.24, 2.45) is 11.7 Å². The maximum Gasteiger partial charge on any atom is 0.321 e. The number of hydrogen-bond donors (Lipinski definition) is 2. The number of piperidine rings is 2. The van der Waals surface area contributed by atoms with Crippen molar-refractivity contribution < 1.29 is 18.8 Å². The van der Waals surface area contributed by atoms with Crippen LogP contribution in [-0.4, -0.2) is 58.8 Å². The Balaban J connectivity index is 1.27. The number of pyridine rings is 1. The van der Waals surface area contributed by atoms with E-state index >= 15 is 0 Å². The number of likely N-dealkylation sites (tertiary alicyclic amines) is 2. The molecule has 0 radical (unpaired) electrons. The molecule has 1 aromatic carbocycles. The summed E-state index contributed by atoms with van der Waals surface area (Å²) in [4.78, 5) is 46.5. The van der Waals surface area contributed by atoms with E-state index in [1.807, 2.05) is 23.1 Å². The lowest BCUT2D eigenvalue weighted by Crippen LogP contribution is -2.49. The molecule has 0 bridgehead atoms. The number of nitrogens with two attached hydrogens (primary N) is 1. The van der Waals surface area contributed by atoms with E-state index in [9.17, 15) is 14.4 Å². The minimum atomic E-state index is -0.786. The summed E-state index contributed by atoms with van der Waals surface area (Å²) in [6, 6.07) is 13.5. The Morgan fingerprint density at radius 3 is 2.53 bits per heavy atom. The van der Waals surface area contributed by atoms with Crippen molar-refractivity contribution in [1.82, 2.24) is 14.8 Å². The lowest BCUT2D eigenvalue weighted by Gasteiger charge is -2.38. The molecular weight excluding hydrogens is 458 g/mol. The molecule has 2 fully saturated rings. The number of nitrogens with one attached hydrogen (secondary N) is 1. The third-order valence-corrected chi connectivity index (χ3v) is 7.21. The number of amides is 4. The van der Waals surface area contributed by atoms with Crippen molar-refractivity contribution in [2.45, 2.75) is 38.5 Å². The van der Waals surface area contributed by atoms with Crippen molar-refractivity contribution in [3.05, 3.63) is 59.5 Å². The van der Waals surface area contributed by atoms with Crippen LogP contribution in [0.2, 0.25) is 0 Å². The number of carbonyl (C=O) groups is 3. The Bertz CT molecular complexity index is 1290. The van der Waals surface area contributed by atoms with Crippen LogP contribution in [0, 0.1) is 12.8 Å². The summed E-state index contributed by atoms with van der Waals surface area (Å²) < 4.78 is 5.54. The van der Waals surface area contributed by atoms with Gasteiger partial charge in [0.15, 0.2) is 0 Å². The van der Waals surface area contributed by atoms with Crippen LogP contribution in [0.1, 0.15) is 53.4 Å². The SMILES string of the molecule is Cc1ccc2c(NC(=O)N3CCCC(C(=O)N4CCCC(c5ccccc5)C4)C3)c(C(N)=O)oc2n1. The molecule has 5 rings (SSSR count). The third kappa shape index (κ3) is 4.78. The van der Waals surface area contributed by atoms with E-state index < -0.39 is 5.91 Å². The zero-order valence-corrected chi connectivity index (χ0v) is 20.4. The summed E-state index contributed by atoms with van der Waals surface area (Å²) in [5, 5.41) is 3.31. The molecule has 0 aliphatic carbocycles. The molecule has 2 saturated heterocycles. The average Bonchev–Trinajstić information content (AvgIpc) is 3.26. The van der Waals surface area contributed by atoms with Crippen LogP contribution < -0.4 is 11.1 Å². The Kier molecular flexibility index (Phi) is 6.63. The second kappa shape index (κ2) is 10.0. The molecule has 36 heavy (non-hydrogen) atoms. The fourth-order valence-electron chi connectivity index (χ4n) is 5.35. The van der Waals surface area contributed by atoms with Gasteiger partial charge in [-0.15, -0.1) is 0 Å². The van der Waals surface area contributed by atoms with E-state index in [1.165, 1.54) is 5.56 Å². The van der Waals surface area contributed by atoms with Gasteiger partial charge in [-0.05, 0) is 50.3 Å². The molecule has 9 nitrogen and oxygen atoms in total. The maximum absolute atomic E-state index is 13.4. The third-order valence-electron chi connectivity index (χ3n) is 7.21. The van der Waals surface area contributed by atoms with Gasteiger partial charge in [0.1, 0.15) is 5.69 Å². The van der Waals surface area contributed by atoms with Crippen molar-refractivity contribution in [3.8, 4) is 0 Å². The first-order chi connectivity index (χ1) is 17.4. The van der Waals surface area contributed by atoms with E-state index in [1.54, 1.807) is 24.0 Å². The Labute approximate surface area is 209 Å². The van der Waals surface area contributed by atoms with Gasteiger partial charge in [-0.3, -0.25) is 9.59 Å². The number of primary amides is 1. The minimum absolute atomic E-state index is 0.111. The zero-order chi connectivity index (χ0) is 25.2. The molecule has 4 amide bonds. The van der Waals surface area contributed by atoms with Crippen LogP contribution in [0.25, 0.3) is 11.1 Å². The highest BCUT2D eigenvalue weighted by Gasteiger charge is 2.34. The second-order valence-electron chi connectivity index (χ2n) is 9.73. The van der Waals surface area contributed by atoms with E-state index in [4.69, 9.17) is 10.2 Å². The lowest BCUT2D eigenvalue weighted by molar-refractivity contribution is -0.138. The molecule has 3 N–H and O–H groups in total. The number of urea groups is 1. The van der Waals surface area contributed by atoms with E-state index in [0.717, 1.165) is 37.9 Å². The van der Waals surface area contributed by atoms with Crippen molar-refractivity contribution in [3.63, 3.8) is 0 Å². The van der Waals surface area contributed by atoms with Crippen LogP contribution >= 0.6 is 0 Å². The number of furan rings is 1. The highest BCUT2D eigenvalue weighted by Crippen LogP contribution is 2.32. The molecule has 4 heterocycles. The molecule has 2 aromatic heterocycles. The first-order valence-corrected chi connectivity index (χ1v) is 12.5. The lowest BCUT2D eigenvalue weighted by atomic mass is 9.89. The predicted octanol–water partition coefficient (Wildman–Crippen LogP) is 3.89. The molecule has 9 heteroatoms. The van der Waals surface area contributed by atoms with Gasteiger partial charge in [-0.2, -0.15) is 0 Å². The predicted molar refractivity (Wildman–Crippen MR) is 136 cm³/mol. The van der Waals surface area contributed by atoms with Crippen LogP contribution in [0.5, 0.6) is 0 Å². The second-order valence-corrected chi connectivity index (χ2v) is 9.73. The molecule has 2 atom stereocenters. The van der Waals surface area contributed by atoms with Crippen LogP contribution in [0.4, 0.5) is 10.5 Å². The molecule has 2 aliphatic rings. The zero-order valence-electron chi connectivity index (χ0n) is 20.4. The number of rotatable bonds is 4. The first-order valence-electron chi connectivity index (χ1n) is 12.5. The van der Waals surface area contributed by atoms with Gasteiger partial charge in [-0.1, -0.05) is 30.3 Å². The smallest absolute Gasteiger partial charge is 0.321 e. The summed E-state index contributed by atoms with van der Waals surface area (Å²) in [6.07, 6.45) is 3.52. The molecule has 0 saturated carbocycles. The number of benzene rings is 1. The maximum atomic E-state index is 13.4. The molecule has 2 aliphatic heterocycles. The van der Waals surface area contributed by atoms with Gasteiger partial charge >= 0.3 is 6.03 Å². The minimum Gasteiger partial charge on any atom is -0.430 e. The fourth-order valence-corrected chi connectivity index (χ4v) is 5.35. The van der Waals surface area contributed by atoms with Crippen molar-refractivity contribution in [2.75, 3.05) is 31.5 Å². The van der Waals surface area contributed by atoms with Gasteiger partial charge in [0, 0.05) is 37.8 Å². The van der Waals surface area contributed by atoms with Crippen LogP contribution in [0.15, 0.2) is 46.9 Å². The van der Waals surface area contributed by atoms with Gasteiger partial charge in [0.25, 0.3) is 5.91 Å². The number of fused-ring (bicyclic) bond motifs is 1. The molecule has 0 spiro atoms. The standard InChI is InChI=1S/C27H31N5O4/c1-17-11-12-21-22(23(24(28)33)36-25(21)29-17)30-27(35)32-14-6-10-20(16-32)26(34)31-13-5-9-19(15-31)18-7-3-2-4-8-18/h2-4,7-8,11-12,19-20H,5-6,9-10,13-16H2,1H3,(H2,28,33)(H,30,35). The highest BCUT2D eigenvalue weighted by atomic mass is 16.4. The molecule has 2 unspecified atom stereocenters. The number of hydrogen-bond acceptors (Lipinski definition) is 5. The molecule has 3 aromatic rings. The number of aryl methyl sites for hydroxylation is 1. The Morgan fingerprint density at radius 2 is 1.75 bits per heavy atom. The number of aromatic nitrogens is 1. The highest BCUT2D eigenvalue weighted by molar-refractivity contribution is 6.09. The average molecular weight is 490 g/mol. The quantitative estimate of drug-likeness (QED) is 0.576. The molecular formula is C27H31N5O4. The Morgan fingerprint density at radius 1 is 1.00 bits per heavy atom. The number of carbonyl (C=O) groups excluding carboxylic acids is 3. The normalized spacial score (nSPS) is 20.4. The van der Waals surface area contributed by atoms with E-state index in [0.29, 0.717) is 30.9 Å². The monoisotopic (exact) mass is 489 g/mol. The summed E-state index contributed by atoms with van der Waals surface area (Å²) in [7, 11) is 0. The Hall–Kier alpha value is -3.88.